The van der Waals surface area contributed by atoms with Gasteiger partial charge in [-0.05, 0) is 60.6 Å². The first-order valence-corrected chi connectivity index (χ1v) is 9.63. The van der Waals surface area contributed by atoms with E-state index < -0.39 is 30.0 Å². The van der Waals surface area contributed by atoms with Crippen LogP contribution in [0.1, 0.15) is 54.2 Å². The number of nitrogens with one attached hydrogen (secondary N) is 1. The number of amides is 1. The largest absolute Gasteiger partial charge is 0.499 e. The third-order valence-corrected chi connectivity index (χ3v) is 4.98. The van der Waals surface area contributed by atoms with Crippen molar-refractivity contribution in [1.29, 1.82) is 5.26 Å². The monoisotopic (exact) mass is 411 g/mol. The van der Waals surface area contributed by atoms with Crippen LogP contribution < -0.4 is 10.8 Å². The average Bonchev–Trinajstić information content (AvgIpc) is 3.12. The van der Waals surface area contributed by atoms with Crippen LogP contribution >= 0.6 is 0 Å². The van der Waals surface area contributed by atoms with Crippen molar-refractivity contribution in [3.63, 3.8) is 0 Å². The Bertz CT molecular complexity index is 970. The van der Waals surface area contributed by atoms with Crippen LogP contribution in [0.4, 0.5) is 10.5 Å². The van der Waals surface area contributed by atoms with E-state index in [1.54, 1.807) is 39.1 Å². The first-order chi connectivity index (χ1) is 13.8. The van der Waals surface area contributed by atoms with Crippen LogP contribution in [0.5, 0.6) is 0 Å². The number of rotatable bonds is 3. The Labute approximate surface area is 176 Å². The summed E-state index contributed by atoms with van der Waals surface area (Å²) in [7, 11) is -0.702. The summed E-state index contributed by atoms with van der Waals surface area (Å²) >= 11 is 0. The third-order valence-electron chi connectivity index (χ3n) is 4.98. The van der Waals surface area contributed by atoms with E-state index in [-0.39, 0.29) is 5.69 Å². The minimum atomic E-state index is -0.702. The zero-order valence-corrected chi connectivity index (χ0v) is 18.3. The third kappa shape index (κ3) is 4.47. The number of nitriles is 1. The number of hydrogen-bond acceptors (Lipinski definition) is 7. The predicted molar refractivity (Wildman–Crippen MR) is 112 cm³/mol. The Morgan fingerprint density at radius 1 is 1.23 bits per heavy atom. The van der Waals surface area contributed by atoms with Gasteiger partial charge in [-0.3, -0.25) is 5.32 Å². The summed E-state index contributed by atoms with van der Waals surface area (Å²) in [6.07, 6.45) is 2.59. The predicted octanol–water partition coefficient (Wildman–Crippen LogP) is 2.79. The van der Waals surface area contributed by atoms with E-state index in [0.717, 1.165) is 0 Å². The maximum absolute atomic E-state index is 11.9. The van der Waals surface area contributed by atoms with Gasteiger partial charge < -0.3 is 14.0 Å². The molecule has 3 heterocycles. The van der Waals surface area contributed by atoms with Crippen LogP contribution in [0.25, 0.3) is 5.82 Å². The molecule has 0 radical (unpaired) electrons. The fourth-order valence-electron chi connectivity index (χ4n) is 2.75. The molecule has 158 valence electrons. The Kier molecular flexibility index (Phi) is 5.39. The summed E-state index contributed by atoms with van der Waals surface area (Å²) in [6.45, 7) is 13.1. The van der Waals surface area contributed by atoms with Crippen molar-refractivity contribution in [2.75, 3.05) is 5.32 Å². The second kappa shape index (κ2) is 7.41. The molecule has 0 saturated carbocycles. The standard InChI is InChI=1S/C20H26BN5O4/c1-18(2,3)28-17(27)24-13-8-9-16(23-11-13)26-12-14(15(10-22)25-26)21-29-19(4,5)20(6,7)30-21/h8-9,11-12H,1-7H3,(H,24,27). The molecule has 1 fully saturated rings. The number of ether oxygens (including phenoxy) is 1. The Morgan fingerprint density at radius 3 is 2.37 bits per heavy atom. The highest BCUT2D eigenvalue weighted by Gasteiger charge is 2.53. The molecule has 1 aliphatic rings. The van der Waals surface area contributed by atoms with Crippen molar-refractivity contribution in [2.45, 2.75) is 65.3 Å². The van der Waals surface area contributed by atoms with E-state index >= 15 is 0 Å². The van der Waals surface area contributed by atoms with Gasteiger partial charge in [0.25, 0.3) is 0 Å². The minimum absolute atomic E-state index is 0.200. The molecule has 0 atom stereocenters. The van der Waals surface area contributed by atoms with Crippen molar-refractivity contribution in [2.24, 2.45) is 0 Å². The number of aromatic nitrogens is 3. The fraction of sp³-hybridized carbons (Fsp3) is 0.500. The molecule has 1 aliphatic heterocycles. The summed E-state index contributed by atoms with van der Waals surface area (Å²) in [5.74, 6) is 0.476. The maximum atomic E-state index is 11.9. The number of hydrogen-bond donors (Lipinski definition) is 1. The SMILES string of the molecule is CC(C)(C)OC(=O)Nc1ccc(-n2cc(B3OC(C)(C)C(C)(C)O3)c(C#N)n2)nc1. The molecule has 10 heteroatoms. The normalized spacial score (nSPS) is 17.5. The second-order valence-corrected chi connectivity index (χ2v) is 9.11. The first-order valence-electron chi connectivity index (χ1n) is 9.63. The number of pyridine rings is 1. The quantitative estimate of drug-likeness (QED) is 0.773. The number of nitrogens with zero attached hydrogens (tertiary/aromatic N) is 4. The van der Waals surface area contributed by atoms with Crippen LogP contribution in [0.2, 0.25) is 0 Å². The van der Waals surface area contributed by atoms with Crippen LogP contribution in [0.3, 0.4) is 0 Å². The van der Waals surface area contributed by atoms with Gasteiger partial charge in [-0.25, -0.2) is 14.5 Å². The van der Waals surface area contributed by atoms with Gasteiger partial charge >= 0.3 is 13.2 Å². The van der Waals surface area contributed by atoms with Gasteiger partial charge in [-0.2, -0.15) is 10.4 Å². The van der Waals surface area contributed by atoms with Crippen LogP contribution in [0, 0.1) is 11.3 Å². The molecule has 1 N–H and O–H groups in total. The lowest BCUT2D eigenvalue weighted by Gasteiger charge is -2.32. The second-order valence-electron chi connectivity index (χ2n) is 9.11. The number of anilines is 1. The molecule has 0 unspecified atom stereocenters. The van der Waals surface area contributed by atoms with Crippen molar-refractivity contribution in [1.82, 2.24) is 14.8 Å². The summed E-state index contributed by atoms with van der Waals surface area (Å²) in [6, 6.07) is 5.43. The van der Waals surface area contributed by atoms with E-state index in [2.05, 4.69) is 21.5 Å². The summed E-state index contributed by atoms with van der Waals surface area (Å²) in [4.78, 5) is 16.2. The number of carbonyl (C=O) groups excluding carboxylic acids is 1. The topological polar surface area (TPSA) is 111 Å². The fourth-order valence-corrected chi connectivity index (χ4v) is 2.75. The first kappa shape index (κ1) is 21.8. The van der Waals surface area contributed by atoms with Crippen molar-refractivity contribution in [3.8, 4) is 11.9 Å². The summed E-state index contributed by atoms with van der Waals surface area (Å²) in [5, 5.41) is 16.4. The molecule has 1 saturated heterocycles. The molecule has 2 aromatic rings. The van der Waals surface area contributed by atoms with E-state index in [0.29, 0.717) is 17.0 Å². The Balaban J connectivity index is 1.79. The minimum Gasteiger partial charge on any atom is -0.444 e. The lowest BCUT2D eigenvalue weighted by molar-refractivity contribution is 0.00578. The molecule has 9 nitrogen and oxygen atoms in total. The van der Waals surface area contributed by atoms with Crippen LogP contribution in [-0.2, 0) is 14.0 Å². The lowest BCUT2D eigenvalue weighted by Crippen LogP contribution is -2.41. The molecule has 3 rings (SSSR count). The van der Waals surface area contributed by atoms with Crippen molar-refractivity contribution in [3.05, 3.63) is 30.2 Å². The van der Waals surface area contributed by atoms with Gasteiger partial charge in [0.1, 0.15) is 11.7 Å². The molecular formula is C20H26BN5O4. The summed E-state index contributed by atoms with van der Waals surface area (Å²) < 4.78 is 18.8. The van der Waals surface area contributed by atoms with Crippen LogP contribution in [-0.4, -0.2) is 44.8 Å². The maximum Gasteiger partial charge on any atom is 0.499 e. The molecule has 30 heavy (non-hydrogen) atoms. The Morgan fingerprint density at radius 2 is 1.87 bits per heavy atom. The van der Waals surface area contributed by atoms with Crippen molar-refractivity contribution < 1.29 is 18.8 Å². The zero-order valence-electron chi connectivity index (χ0n) is 18.3. The molecule has 0 aromatic carbocycles. The molecule has 0 spiro atoms. The molecular weight excluding hydrogens is 385 g/mol. The van der Waals surface area contributed by atoms with E-state index in [1.165, 1.54) is 10.9 Å². The molecule has 2 aromatic heterocycles. The van der Waals surface area contributed by atoms with Gasteiger partial charge in [0.2, 0.25) is 0 Å². The number of carbonyl (C=O) groups is 1. The highest BCUT2D eigenvalue weighted by Crippen LogP contribution is 2.36. The Hall–Kier alpha value is -2.90. The van der Waals surface area contributed by atoms with E-state index in [9.17, 15) is 10.1 Å². The summed E-state index contributed by atoms with van der Waals surface area (Å²) in [5.41, 5.74) is -0.434. The van der Waals surface area contributed by atoms with Gasteiger partial charge in [0.15, 0.2) is 11.5 Å². The molecule has 1 amide bonds. The highest BCUT2D eigenvalue weighted by molar-refractivity contribution is 6.62. The van der Waals surface area contributed by atoms with Gasteiger partial charge in [-0.15, -0.1) is 0 Å². The molecule has 0 aliphatic carbocycles. The van der Waals surface area contributed by atoms with Gasteiger partial charge in [0, 0.05) is 11.7 Å². The smallest absolute Gasteiger partial charge is 0.444 e. The van der Waals surface area contributed by atoms with Gasteiger partial charge in [0.05, 0.1) is 23.1 Å². The van der Waals surface area contributed by atoms with E-state index in [4.69, 9.17) is 14.0 Å². The lowest BCUT2D eigenvalue weighted by atomic mass is 9.79. The zero-order chi connectivity index (χ0) is 22.3. The average molecular weight is 411 g/mol. The van der Waals surface area contributed by atoms with E-state index in [1.807, 2.05) is 27.7 Å². The van der Waals surface area contributed by atoms with Gasteiger partial charge in [-0.1, -0.05) is 0 Å². The van der Waals surface area contributed by atoms with Crippen molar-refractivity contribution >= 4 is 24.4 Å². The highest BCUT2D eigenvalue weighted by atomic mass is 16.7. The molecule has 0 bridgehead atoms. The van der Waals surface area contributed by atoms with Crippen LogP contribution in [0.15, 0.2) is 24.5 Å².